The van der Waals surface area contributed by atoms with Crippen molar-refractivity contribution in [1.82, 2.24) is 5.16 Å². The van der Waals surface area contributed by atoms with Crippen LogP contribution in [0.25, 0.3) is 10.6 Å². The molecule has 0 aliphatic carbocycles. The Labute approximate surface area is 104 Å². The summed E-state index contributed by atoms with van der Waals surface area (Å²) in [6.07, 6.45) is 2.53. The zero-order valence-electron chi connectivity index (χ0n) is 9.31. The van der Waals surface area contributed by atoms with Gasteiger partial charge in [-0.2, -0.15) is 11.8 Å². The van der Waals surface area contributed by atoms with Crippen LogP contribution in [-0.2, 0) is 5.75 Å². The molecule has 4 heteroatoms. The highest BCUT2D eigenvalue weighted by Gasteiger charge is 2.06. The largest absolute Gasteiger partial charge is 0.355 e. The van der Waals surface area contributed by atoms with E-state index >= 15 is 0 Å². The molecule has 2 rings (SSSR count). The minimum Gasteiger partial charge on any atom is -0.355 e. The molecule has 2 aromatic heterocycles. The van der Waals surface area contributed by atoms with Crippen molar-refractivity contribution in [3.05, 3.63) is 29.3 Å². The van der Waals surface area contributed by atoms with Crippen LogP contribution in [0.5, 0.6) is 0 Å². The molecule has 0 aliphatic heterocycles. The van der Waals surface area contributed by atoms with Crippen molar-refractivity contribution in [2.24, 2.45) is 0 Å². The SMILES string of the molecule is CCCCSCc1cc(-c2cccs2)on1. The molecule has 86 valence electrons. The van der Waals surface area contributed by atoms with Crippen LogP contribution in [0.4, 0.5) is 0 Å². The number of rotatable bonds is 6. The van der Waals surface area contributed by atoms with Crippen LogP contribution >= 0.6 is 23.1 Å². The van der Waals surface area contributed by atoms with E-state index in [0.29, 0.717) is 0 Å². The number of thiophene rings is 1. The summed E-state index contributed by atoms with van der Waals surface area (Å²) < 4.78 is 5.31. The second kappa shape index (κ2) is 6.11. The molecule has 2 aromatic rings. The zero-order chi connectivity index (χ0) is 11.2. The van der Waals surface area contributed by atoms with Gasteiger partial charge in [-0.1, -0.05) is 24.6 Å². The molecule has 0 unspecified atom stereocenters. The molecule has 0 fully saturated rings. The third-order valence-corrected chi connectivity index (χ3v) is 4.18. The maximum absolute atomic E-state index is 5.31. The van der Waals surface area contributed by atoms with E-state index < -0.39 is 0 Å². The molecule has 0 aliphatic rings. The predicted molar refractivity (Wildman–Crippen MR) is 70.9 cm³/mol. The van der Waals surface area contributed by atoms with Gasteiger partial charge >= 0.3 is 0 Å². The molecule has 0 aromatic carbocycles. The lowest BCUT2D eigenvalue weighted by Crippen LogP contribution is -1.82. The second-order valence-corrected chi connectivity index (χ2v) is 5.62. The Morgan fingerprint density at radius 1 is 1.50 bits per heavy atom. The highest BCUT2D eigenvalue weighted by molar-refractivity contribution is 7.98. The van der Waals surface area contributed by atoms with Crippen molar-refractivity contribution in [1.29, 1.82) is 0 Å². The van der Waals surface area contributed by atoms with Crippen molar-refractivity contribution in [3.8, 4) is 10.6 Å². The van der Waals surface area contributed by atoms with Gasteiger partial charge < -0.3 is 4.52 Å². The standard InChI is InChI=1S/C12H15NOS2/c1-2-3-6-15-9-10-8-11(14-13-10)12-5-4-7-16-12/h4-5,7-8H,2-3,6,9H2,1H3. The monoisotopic (exact) mass is 253 g/mol. The van der Waals surface area contributed by atoms with E-state index in [4.69, 9.17) is 4.52 Å². The van der Waals surface area contributed by atoms with Crippen LogP contribution in [0.1, 0.15) is 25.5 Å². The van der Waals surface area contributed by atoms with E-state index in [9.17, 15) is 0 Å². The topological polar surface area (TPSA) is 26.0 Å². The molecule has 0 spiro atoms. The number of nitrogens with zero attached hydrogens (tertiary/aromatic N) is 1. The summed E-state index contributed by atoms with van der Waals surface area (Å²) >= 11 is 3.60. The number of hydrogen-bond donors (Lipinski definition) is 0. The fraction of sp³-hybridized carbons (Fsp3) is 0.417. The minimum atomic E-state index is 0.890. The van der Waals surface area contributed by atoms with Crippen molar-refractivity contribution in [3.63, 3.8) is 0 Å². The Morgan fingerprint density at radius 2 is 2.44 bits per heavy atom. The molecule has 16 heavy (non-hydrogen) atoms. The number of hydrogen-bond acceptors (Lipinski definition) is 4. The molecule has 0 N–H and O–H groups in total. The van der Waals surface area contributed by atoms with Gasteiger partial charge in [-0.3, -0.25) is 0 Å². The smallest absolute Gasteiger partial charge is 0.177 e. The highest BCUT2D eigenvalue weighted by atomic mass is 32.2. The molecule has 0 amide bonds. The fourth-order valence-corrected chi connectivity index (χ4v) is 2.99. The number of thioether (sulfide) groups is 1. The highest BCUT2D eigenvalue weighted by Crippen LogP contribution is 2.26. The van der Waals surface area contributed by atoms with Crippen LogP contribution in [0.15, 0.2) is 28.1 Å². The molecule has 0 saturated carbocycles. The molecular formula is C12H15NOS2. The normalized spacial score (nSPS) is 10.8. The second-order valence-electron chi connectivity index (χ2n) is 3.57. The fourth-order valence-electron chi connectivity index (χ4n) is 1.34. The molecule has 0 atom stereocenters. The van der Waals surface area contributed by atoms with Crippen LogP contribution < -0.4 is 0 Å². The van der Waals surface area contributed by atoms with Gasteiger partial charge in [0, 0.05) is 11.8 Å². The van der Waals surface area contributed by atoms with E-state index in [1.165, 1.54) is 18.6 Å². The van der Waals surface area contributed by atoms with Gasteiger partial charge in [0.2, 0.25) is 0 Å². The van der Waals surface area contributed by atoms with Gasteiger partial charge in [0.15, 0.2) is 5.76 Å². The lowest BCUT2D eigenvalue weighted by Gasteiger charge is -1.94. The first-order valence-corrected chi connectivity index (χ1v) is 7.51. The molecule has 2 nitrogen and oxygen atoms in total. The summed E-state index contributed by atoms with van der Waals surface area (Å²) in [5.74, 6) is 3.05. The minimum absolute atomic E-state index is 0.890. The molecule has 0 radical (unpaired) electrons. The van der Waals surface area contributed by atoms with E-state index in [0.717, 1.165) is 22.1 Å². The van der Waals surface area contributed by atoms with Gasteiger partial charge in [0.1, 0.15) is 0 Å². The average Bonchev–Trinajstić information content (AvgIpc) is 2.94. The summed E-state index contributed by atoms with van der Waals surface area (Å²) in [6.45, 7) is 2.21. The Morgan fingerprint density at radius 3 is 3.19 bits per heavy atom. The molecular weight excluding hydrogens is 238 g/mol. The van der Waals surface area contributed by atoms with Crippen LogP contribution in [0.2, 0.25) is 0 Å². The van der Waals surface area contributed by atoms with Crippen molar-refractivity contribution in [2.75, 3.05) is 5.75 Å². The number of aromatic nitrogens is 1. The third kappa shape index (κ3) is 3.12. The Hall–Kier alpha value is -0.740. The van der Waals surface area contributed by atoms with Gasteiger partial charge in [-0.25, -0.2) is 0 Å². The summed E-state index contributed by atoms with van der Waals surface area (Å²) in [6, 6.07) is 6.13. The summed E-state index contributed by atoms with van der Waals surface area (Å²) in [7, 11) is 0. The Balaban J connectivity index is 1.88. The molecule has 2 heterocycles. The molecule has 0 saturated heterocycles. The third-order valence-electron chi connectivity index (χ3n) is 2.22. The first kappa shape index (κ1) is 11.7. The predicted octanol–water partition coefficient (Wildman–Crippen LogP) is 4.44. The number of unbranched alkanes of at least 4 members (excludes halogenated alkanes) is 1. The van der Waals surface area contributed by atoms with Gasteiger partial charge in [0.05, 0.1) is 10.6 Å². The summed E-state index contributed by atoms with van der Waals surface area (Å²) in [4.78, 5) is 1.15. The summed E-state index contributed by atoms with van der Waals surface area (Å²) in [5, 5.41) is 6.13. The van der Waals surface area contributed by atoms with Crippen molar-refractivity contribution < 1.29 is 4.52 Å². The van der Waals surface area contributed by atoms with Gasteiger partial charge in [-0.05, 0) is 23.6 Å². The van der Waals surface area contributed by atoms with E-state index in [-0.39, 0.29) is 0 Å². The van der Waals surface area contributed by atoms with Crippen LogP contribution in [-0.4, -0.2) is 10.9 Å². The first-order chi connectivity index (χ1) is 7.90. The Bertz CT molecular complexity index is 408. The van der Waals surface area contributed by atoms with Crippen LogP contribution in [0.3, 0.4) is 0 Å². The van der Waals surface area contributed by atoms with Crippen molar-refractivity contribution in [2.45, 2.75) is 25.5 Å². The van der Waals surface area contributed by atoms with E-state index in [1.807, 2.05) is 29.3 Å². The first-order valence-electron chi connectivity index (χ1n) is 5.47. The van der Waals surface area contributed by atoms with Crippen LogP contribution in [0, 0.1) is 0 Å². The van der Waals surface area contributed by atoms with E-state index in [1.54, 1.807) is 11.3 Å². The maximum Gasteiger partial charge on any atom is 0.177 e. The van der Waals surface area contributed by atoms with Crippen molar-refractivity contribution >= 4 is 23.1 Å². The maximum atomic E-state index is 5.31. The van der Waals surface area contributed by atoms with Gasteiger partial charge in [-0.15, -0.1) is 11.3 Å². The lowest BCUT2D eigenvalue weighted by atomic mass is 10.3. The zero-order valence-corrected chi connectivity index (χ0v) is 10.9. The Kier molecular flexibility index (Phi) is 4.48. The quantitative estimate of drug-likeness (QED) is 0.712. The lowest BCUT2D eigenvalue weighted by molar-refractivity contribution is 0.427. The average molecular weight is 253 g/mol. The van der Waals surface area contributed by atoms with Gasteiger partial charge in [0.25, 0.3) is 0 Å². The molecule has 0 bridgehead atoms. The summed E-state index contributed by atoms with van der Waals surface area (Å²) in [5.41, 5.74) is 1.05. The van der Waals surface area contributed by atoms with E-state index in [2.05, 4.69) is 18.1 Å².